The molecule has 96 valence electrons. The van der Waals surface area contributed by atoms with E-state index < -0.39 is 12.2 Å². The summed E-state index contributed by atoms with van der Waals surface area (Å²) in [5.74, 6) is 0.330. The molecule has 0 amide bonds. The molecule has 7 N–H and O–H groups in total. The fourth-order valence-electron chi connectivity index (χ4n) is 0.0577. The lowest BCUT2D eigenvalue weighted by atomic mass is 10.4. The summed E-state index contributed by atoms with van der Waals surface area (Å²) in [4.78, 5) is 0. The van der Waals surface area contributed by atoms with Crippen LogP contribution in [0.3, 0.4) is 0 Å². The van der Waals surface area contributed by atoms with Gasteiger partial charge in [-0.25, -0.2) is 0 Å². The summed E-state index contributed by atoms with van der Waals surface area (Å²) in [6.07, 6.45) is -1.21. The predicted molar refractivity (Wildman–Crippen MR) is 61.9 cm³/mol. The molecule has 0 bridgehead atoms. The first kappa shape index (κ1) is 20.5. The van der Waals surface area contributed by atoms with Gasteiger partial charge in [-0.1, -0.05) is 0 Å². The summed E-state index contributed by atoms with van der Waals surface area (Å²) in [7, 11) is 0. The normalized spacial score (nSPS) is 12.8. The average molecular weight is 245 g/mol. The number of thiol groups is 1. The van der Waals surface area contributed by atoms with Crippen LogP contribution in [0.4, 0.5) is 0 Å². The van der Waals surface area contributed by atoms with E-state index in [2.05, 4.69) is 12.6 Å². The minimum Gasteiger partial charge on any atom is -0.395 e. The first-order valence-corrected chi connectivity index (χ1v) is 5.12. The molecular weight excluding hydrogens is 222 g/mol. The molecule has 7 heteroatoms. The standard InChI is InChI=1S/C3H8O2S.C3H8O2.C2H7NO/c4-1-3(5)2-6;1-3(5)2-4;3-1-2-4/h3-6H,1-2H2;3-5H,2H2,1H3;4H,1-3H2. The van der Waals surface area contributed by atoms with Crippen molar-refractivity contribution in [2.24, 2.45) is 5.73 Å². The Bertz CT molecular complexity index is 91.1. The predicted octanol–water partition coefficient (Wildman–Crippen LogP) is -2.43. The number of hydrogen-bond donors (Lipinski definition) is 7. The molecule has 0 aromatic carbocycles. The van der Waals surface area contributed by atoms with E-state index in [0.717, 1.165) is 0 Å². The highest BCUT2D eigenvalue weighted by Crippen LogP contribution is 1.81. The van der Waals surface area contributed by atoms with Crippen LogP contribution in [0.1, 0.15) is 6.92 Å². The van der Waals surface area contributed by atoms with Gasteiger partial charge in [0.1, 0.15) is 0 Å². The van der Waals surface area contributed by atoms with Gasteiger partial charge in [-0.3, -0.25) is 0 Å². The second kappa shape index (κ2) is 19.6. The summed E-state index contributed by atoms with van der Waals surface area (Å²) in [6, 6.07) is 0. The highest BCUT2D eigenvalue weighted by atomic mass is 32.1. The van der Waals surface area contributed by atoms with E-state index in [-0.39, 0.29) is 19.8 Å². The van der Waals surface area contributed by atoms with Crippen LogP contribution >= 0.6 is 12.6 Å². The van der Waals surface area contributed by atoms with Gasteiger partial charge in [0.05, 0.1) is 32.0 Å². The molecule has 2 atom stereocenters. The van der Waals surface area contributed by atoms with Gasteiger partial charge in [-0.05, 0) is 6.92 Å². The van der Waals surface area contributed by atoms with E-state index in [4.69, 9.17) is 31.3 Å². The fraction of sp³-hybridized carbons (Fsp3) is 1.00. The average Bonchev–Trinajstić information content (AvgIpc) is 2.28. The Morgan fingerprint density at radius 3 is 1.47 bits per heavy atom. The zero-order chi connectivity index (χ0) is 12.7. The van der Waals surface area contributed by atoms with Crippen molar-refractivity contribution >= 4 is 12.6 Å². The minimum absolute atomic E-state index is 0.0972. The molecule has 6 nitrogen and oxygen atoms in total. The van der Waals surface area contributed by atoms with Crippen LogP contribution in [0.15, 0.2) is 0 Å². The molecule has 0 aromatic heterocycles. The molecule has 2 unspecified atom stereocenters. The molecule has 0 saturated carbocycles. The van der Waals surface area contributed by atoms with E-state index in [9.17, 15) is 0 Å². The number of aliphatic hydroxyl groups excluding tert-OH is 5. The van der Waals surface area contributed by atoms with Crippen molar-refractivity contribution in [3.63, 3.8) is 0 Å². The third kappa shape index (κ3) is 40.9. The molecule has 0 aliphatic heterocycles. The van der Waals surface area contributed by atoms with Gasteiger partial charge < -0.3 is 31.3 Å². The van der Waals surface area contributed by atoms with Crippen LogP contribution in [0.25, 0.3) is 0 Å². The summed E-state index contributed by atoms with van der Waals surface area (Å²) >= 11 is 3.69. The first-order valence-electron chi connectivity index (χ1n) is 4.49. The van der Waals surface area contributed by atoms with E-state index in [1.807, 2.05) is 0 Å². The summed E-state index contributed by atoms with van der Waals surface area (Å²) in [5, 5.41) is 40.1. The lowest BCUT2D eigenvalue weighted by molar-refractivity contribution is 0.110. The largest absolute Gasteiger partial charge is 0.395 e. The first-order chi connectivity index (χ1) is 6.99. The zero-order valence-electron chi connectivity index (χ0n) is 8.95. The van der Waals surface area contributed by atoms with Gasteiger partial charge in [-0.2, -0.15) is 12.6 Å². The molecule has 0 spiro atoms. The third-order valence-corrected chi connectivity index (χ3v) is 1.24. The molecule has 0 aliphatic carbocycles. The maximum Gasteiger partial charge on any atom is 0.0858 e. The van der Waals surface area contributed by atoms with E-state index in [0.29, 0.717) is 12.3 Å². The fourth-order valence-corrected chi connectivity index (χ4v) is 0.173. The van der Waals surface area contributed by atoms with E-state index in [1.165, 1.54) is 6.92 Å². The maximum absolute atomic E-state index is 8.34. The van der Waals surface area contributed by atoms with Crippen LogP contribution in [0, 0.1) is 0 Å². The van der Waals surface area contributed by atoms with Crippen molar-refractivity contribution in [3.05, 3.63) is 0 Å². The molecule has 15 heavy (non-hydrogen) atoms. The molecule has 0 heterocycles. The molecule has 0 radical (unpaired) electrons. The molecular formula is C8H23NO5S. The second-order valence-corrected chi connectivity index (χ2v) is 2.93. The Morgan fingerprint density at radius 2 is 1.47 bits per heavy atom. The number of rotatable bonds is 4. The van der Waals surface area contributed by atoms with Gasteiger partial charge in [0.25, 0.3) is 0 Å². The van der Waals surface area contributed by atoms with Crippen LogP contribution in [-0.4, -0.2) is 69.9 Å². The lowest BCUT2D eigenvalue weighted by Crippen LogP contribution is -2.12. The van der Waals surface area contributed by atoms with Gasteiger partial charge in [-0.15, -0.1) is 0 Å². The molecule has 0 saturated heterocycles. The number of nitrogens with two attached hydrogens (primary N) is 1. The monoisotopic (exact) mass is 245 g/mol. The van der Waals surface area contributed by atoms with Crippen molar-refractivity contribution in [1.82, 2.24) is 0 Å². The van der Waals surface area contributed by atoms with Crippen molar-refractivity contribution in [3.8, 4) is 0 Å². The Balaban J connectivity index is -0.000000147. The number of aliphatic hydroxyl groups is 5. The van der Waals surface area contributed by atoms with Gasteiger partial charge >= 0.3 is 0 Å². The van der Waals surface area contributed by atoms with Crippen LogP contribution in [-0.2, 0) is 0 Å². The Labute approximate surface area is 95.8 Å². The van der Waals surface area contributed by atoms with Crippen molar-refractivity contribution < 1.29 is 25.5 Å². The molecule has 0 fully saturated rings. The lowest BCUT2D eigenvalue weighted by Gasteiger charge is -1.96. The maximum atomic E-state index is 8.34. The van der Waals surface area contributed by atoms with Crippen molar-refractivity contribution in [2.75, 3.05) is 32.1 Å². The Kier molecular flexibility index (Phi) is 26.9. The number of hydrogen-bond acceptors (Lipinski definition) is 7. The van der Waals surface area contributed by atoms with Crippen LogP contribution in [0.2, 0.25) is 0 Å². The Hall–Kier alpha value is 0.110. The van der Waals surface area contributed by atoms with Gasteiger partial charge in [0.2, 0.25) is 0 Å². The zero-order valence-corrected chi connectivity index (χ0v) is 9.85. The van der Waals surface area contributed by atoms with Gasteiger partial charge in [0.15, 0.2) is 0 Å². The highest BCUT2D eigenvalue weighted by molar-refractivity contribution is 7.80. The third-order valence-electron chi connectivity index (χ3n) is 0.815. The Morgan fingerprint density at radius 1 is 1.13 bits per heavy atom. The quantitative estimate of drug-likeness (QED) is 0.276. The van der Waals surface area contributed by atoms with Crippen LogP contribution in [0.5, 0.6) is 0 Å². The SMILES string of the molecule is CC(O)CO.NCCO.OCC(O)CS. The van der Waals surface area contributed by atoms with E-state index in [1.54, 1.807) is 0 Å². The summed E-state index contributed by atoms with van der Waals surface area (Å²) in [5.41, 5.74) is 4.78. The van der Waals surface area contributed by atoms with Crippen molar-refractivity contribution in [1.29, 1.82) is 0 Å². The van der Waals surface area contributed by atoms with Crippen molar-refractivity contribution in [2.45, 2.75) is 19.1 Å². The summed E-state index contributed by atoms with van der Waals surface area (Å²) in [6.45, 7) is 1.67. The smallest absolute Gasteiger partial charge is 0.0858 e. The summed E-state index contributed by atoms with van der Waals surface area (Å²) < 4.78 is 0. The van der Waals surface area contributed by atoms with E-state index >= 15 is 0 Å². The minimum atomic E-state index is -0.645. The van der Waals surface area contributed by atoms with Crippen LogP contribution < -0.4 is 5.73 Å². The molecule has 0 aromatic rings. The highest BCUT2D eigenvalue weighted by Gasteiger charge is 1.92. The molecule has 0 aliphatic rings. The second-order valence-electron chi connectivity index (χ2n) is 2.56. The topological polar surface area (TPSA) is 127 Å². The van der Waals surface area contributed by atoms with Gasteiger partial charge in [0, 0.05) is 12.3 Å². The molecule has 0 rings (SSSR count).